The fourth-order valence-electron chi connectivity index (χ4n) is 2.36. The largest absolute Gasteiger partial charge is 0.385 e. The summed E-state index contributed by atoms with van der Waals surface area (Å²) in [6, 6.07) is 0. The van der Waals surface area contributed by atoms with Crippen molar-refractivity contribution < 1.29 is 9.90 Å². The van der Waals surface area contributed by atoms with Crippen molar-refractivity contribution in [3.63, 3.8) is 0 Å². The van der Waals surface area contributed by atoms with E-state index in [1.807, 2.05) is 19.1 Å². The molecule has 0 spiro atoms. The lowest BCUT2D eigenvalue weighted by Gasteiger charge is -2.41. The summed E-state index contributed by atoms with van der Waals surface area (Å²) < 4.78 is 0. The molecule has 0 aliphatic heterocycles. The van der Waals surface area contributed by atoms with Crippen LogP contribution in [0.15, 0.2) is 12.2 Å². The van der Waals surface area contributed by atoms with Gasteiger partial charge in [0.1, 0.15) is 5.78 Å². The molecule has 2 atom stereocenters. The molecule has 0 radical (unpaired) electrons. The molecule has 0 aromatic rings. The van der Waals surface area contributed by atoms with Gasteiger partial charge in [-0.1, -0.05) is 12.2 Å². The summed E-state index contributed by atoms with van der Waals surface area (Å²) in [5.74, 6) is 0.223. The fraction of sp³-hybridized carbons (Fsp3) is 0.700. The van der Waals surface area contributed by atoms with Crippen molar-refractivity contribution in [2.24, 2.45) is 5.41 Å². The third-order valence-corrected chi connectivity index (χ3v) is 3.45. The molecule has 1 N–H and O–H groups in total. The van der Waals surface area contributed by atoms with Crippen LogP contribution in [0.3, 0.4) is 0 Å². The summed E-state index contributed by atoms with van der Waals surface area (Å²) in [6.07, 6.45) is 6.66. The molecule has 0 aromatic carbocycles. The van der Waals surface area contributed by atoms with Crippen molar-refractivity contribution in [2.75, 3.05) is 0 Å². The number of fused-ring (bicyclic) bond motifs is 1. The van der Waals surface area contributed by atoms with Gasteiger partial charge in [0, 0.05) is 6.42 Å². The Kier molecular flexibility index (Phi) is 1.46. The first-order valence-corrected chi connectivity index (χ1v) is 4.52. The van der Waals surface area contributed by atoms with E-state index in [9.17, 15) is 9.90 Å². The Morgan fingerprint density at radius 3 is 3.00 bits per heavy atom. The van der Waals surface area contributed by atoms with Crippen LogP contribution in [0, 0.1) is 5.41 Å². The molecule has 0 heterocycles. The molecular formula is C10H14O2. The van der Waals surface area contributed by atoms with E-state index in [2.05, 4.69) is 0 Å². The van der Waals surface area contributed by atoms with Gasteiger partial charge in [-0.3, -0.25) is 4.79 Å². The van der Waals surface area contributed by atoms with Crippen LogP contribution in [0.25, 0.3) is 0 Å². The highest BCUT2D eigenvalue weighted by Gasteiger charge is 2.53. The van der Waals surface area contributed by atoms with Gasteiger partial charge in [-0.25, -0.2) is 0 Å². The van der Waals surface area contributed by atoms with E-state index in [-0.39, 0.29) is 5.78 Å². The summed E-state index contributed by atoms with van der Waals surface area (Å²) >= 11 is 0. The maximum atomic E-state index is 11.6. The van der Waals surface area contributed by atoms with Crippen molar-refractivity contribution >= 4 is 5.78 Å². The standard InChI is InChI=1S/C10H14O2/c1-9-5-3-7-10(9,12)6-2-4-8(9)11/h3,7,12H,2,4-6H2,1H3/t9-,10+/m1/s1. The third kappa shape index (κ3) is 0.761. The van der Waals surface area contributed by atoms with Crippen LogP contribution in [0.4, 0.5) is 0 Å². The SMILES string of the molecule is C[C@]12CC=C[C@@]1(O)CCCC2=O. The first-order valence-electron chi connectivity index (χ1n) is 4.52. The summed E-state index contributed by atoms with van der Waals surface area (Å²) in [6.45, 7) is 1.88. The van der Waals surface area contributed by atoms with Gasteiger partial charge in [0.25, 0.3) is 0 Å². The number of aliphatic hydroxyl groups is 1. The molecule has 2 aliphatic carbocycles. The average molecular weight is 166 g/mol. The van der Waals surface area contributed by atoms with E-state index < -0.39 is 11.0 Å². The van der Waals surface area contributed by atoms with Crippen LogP contribution in [-0.2, 0) is 4.79 Å². The smallest absolute Gasteiger partial charge is 0.142 e. The molecule has 12 heavy (non-hydrogen) atoms. The lowest BCUT2D eigenvalue weighted by Crippen LogP contribution is -2.50. The Bertz CT molecular complexity index is 257. The van der Waals surface area contributed by atoms with Gasteiger partial charge in [0.15, 0.2) is 0 Å². The molecule has 2 rings (SSSR count). The number of Topliss-reactive ketones (excluding diaryl/α,β-unsaturated/α-hetero) is 1. The second-order valence-electron chi connectivity index (χ2n) is 4.14. The Labute approximate surface area is 72.3 Å². The monoisotopic (exact) mass is 166 g/mol. The minimum Gasteiger partial charge on any atom is -0.385 e. The highest BCUT2D eigenvalue weighted by molar-refractivity contribution is 5.88. The summed E-state index contributed by atoms with van der Waals surface area (Å²) in [7, 11) is 0. The van der Waals surface area contributed by atoms with Crippen LogP contribution in [0.1, 0.15) is 32.6 Å². The zero-order valence-electron chi connectivity index (χ0n) is 7.34. The van der Waals surface area contributed by atoms with Crippen LogP contribution < -0.4 is 0 Å². The Hall–Kier alpha value is -0.630. The van der Waals surface area contributed by atoms with Crippen molar-refractivity contribution in [3.8, 4) is 0 Å². The zero-order chi connectivity index (χ0) is 8.82. The van der Waals surface area contributed by atoms with Crippen LogP contribution in [0.5, 0.6) is 0 Å². The topological polar surface area (TPSA) is 37.3 Å². The average Bonchev–Trinajstić information content (AvgIpc) is 2.30. The van der Waals surface area contributed by atoms with Gasteiger partial charge < -0.3 is 5.11 Å². The van der Waals surface area contributed by atoms with E-state index in [1.165, 1.54) is 0 Å². The van der Waals surface area contributed by atoms with Crippen LogP contribution >= 0.6 is 0 Å². The van der Waals surface area contributed by atoms with Gasteiger partial charge in [0.05, 0.1) is 11.0 Å². The predicted molar refractivity (Wildman–Crippen MR) is 45.7 cm³/mol. The first-order chi connectivity index (χ1) is 5.58. The summed E-state index contributed by atoms with van der Waals surface area (Å²) in [5.41, 5.74) is -1.34. The minimum atomic E-state index is -0.831. The zero-order valence-corrected chi connectivity index (χ0v) is 7.34. The lowest BCUT2D eigenvalue weighted by atomic mass is 9.65. The van der Waals surface area contributed by atoms with E-state index in [0.717, 1.165) is 12.8 Å². The molecule has 0 bridgehead atoms. The van der Waals surface area contributed by atoms with E-state index in [4.69, 9.17) is 0 Å². The van der Waals surface area contributed by atoms with Crippen LogP contribution in [-0.4, -0.2) is 16.5 Å². The second kappa shape index (κ2) is 2.19. The maximum Gasteiger partial charge on any atom is 0.142 e. The fourth-order valence-corrected chi connectivity index (χ4v) is 2.36. The molecule has 66 valence electrons. The first kappa shape index (κ1) is 7.99. The Morgan fingerprint density at radius 2 is 2.33 bits per heavy atom. The highest BCUT2D eigenvalue weighted by atomic mass is 16.3. The Morgan fingerprint density at radius 1 is 1.58 bits per heavy atom. The molecule has 0 saturated heterocycles. The van der Waals surface area contributed by atoms with E-state index in [0.29, 0.717) is 12.8 Å². The number of carbonyl (C=O) groups is 1. The van der Waals surface area contributed by atoms with Crippen LogP contribution in [0.2, 0.25) is 0 Å². The van der Waals surface area contributed by atoms with Gasteiger partial charge in [-0.2, -0.15) is 0 Å². The van der Waals surface area contributed by atoms with E-state index in [1.54, 1.807) is 0 Å². The Balaban J connectivity index is 2.40. The molecule has 2 nitrogen and oxygen atoms in total. The minimum absolute atomic E-state index is 0.223. The summed E-state index contributed by atoms with van der Waals surface area (Å²) in [4.78, 5) is 11.6. The normalized spacial score (nSPS) is 46.3. The maximum absolute atomic E-state index is 11.6. The van der Waals surface area contributed by atoms with Gasteiger partial charge in [-0.15, -0.1) is 0 Å². The number of rotatable bonds is 0. The molecule has 2 heteroatoms. The lowest BCUT2D eigenvalue weighted by molar-refractivity contribution is -0.144. The van der Waals surface area contributed by atoms with Gasteiger partial charge >= 0.3 is 0 Å². The van der Waals surface area contributed by atoms with E-state index >= 15 is 0 Å². The highest BCUT2D eigenvalue weighted by Crippen LogP contribution is 2.49. The molecule has 2 aliphatic rings. The molecule has 0 unspecified atom stereocenters. The molecule has 1 saturated carbocycles. The summed E-state index contributed by atoms with van der Waals surface area (Å²) in [5, 5.41) is 10.1. The van der Waals surface area contributed by atoms with Gasteiger partial charge in [0.2, 0.25) is 0 Å². The number of ketones is 1. The number of carbonyl (C=O) groups excluding carboxylic acids is 1. The van der Waals surface area contributed by atoms with Crippen molar-refractivity contribution in [3.05, 3.63) is 12.2 Å². The van der Waals surface area contributed by atoms with Gasteiger partial charge in [-0.05, 0) is 26.2 Å². The number of hydrogen-bond acceptors (Lipinski definition) is 2. The quantitative estimate of drug-likeness (QED) is 0.553. The predicted octanol–water partition coefficient (Wildman–Crippen LogP) is 1.44. The molecular weight excluding hydrogens is 152 g/mol. The number of hydrogen-bond donors (Lipinski definition) is 1. The van der Waals surface area contributed by atoms with Crippen molar-refractivity contribution in [2.45, 2.75) is 38.2 Å². The van der Waals surface area contributed by atoms with Crippen molar-refractivity contribution in [1.82, 2.24) is 0 Å². The number of allylic oxidation sites excluding steroid dienone is 1. The third-order valence-electron chi connectivity index (χ3n) is 3.45. The molecule has 0 amide bonds. The molecule has 1 fully saturated rings. The second-order valence-corrected chi connectivity index (χ2v) is 4.14. The van der Waals surface area contributed by atoms with Crippen molar-refractivity contribution in [1.29, 1.82) is 0 Å². The molecule has 0 aromatic heterocycles.